The predicted molar refractivity (Wildman–Crippen MR) is 36.3 cm³/mol. The third-order valence-corrected chi connectivity index (χ3v) is 1.67. The molecule has 10 heavy (non-hydrogen) atoms. The van der Waals surface area contributed by atoms with E-state index in [4.69, 9.17) is 5.73 Å². The largest absolute Gasteiger partial charge is 0.381 e. The maximum atomic E-state index is 12.5. The summed E-state index contributed by atoms with van der Waals surface area (Å²) in [6.45, 7) is 0. The van der Waals surface area contributed by atoms with Crippen LogP contribution in [0.2, 0.25) is 0 Å². The van der Waals surface area contributed by atoms with Gasteiger partial charge in [0, 0.05) is 0 Å². The number of pyridine rings is 1. The minimum Gasteiger partial charge on any atom is -0.381 e. The van der Waals surface area contributed by atoms with Gasteiger partial charge in [-0.25, -0.2) is 13.8 Å². The molecule has 5 heteroatoms. The summed E-state index contributed by atoms with van der Waals surface area (Å²) in [6.07, 6.45) is 0.850. The fraction of sp³-hybridized carbons (Fsp3) is 0. The third kappa shape index (κ3) is 1.09. The molecule has 0 atom stereocenters. The van der Waals surface area contributed by atoms with Gasteiger partial charge in [0.15, 0.2) is 17.5 Å². The van der Waals surface area contributed by atoms with Crippen LogP contribution in [0.4, 0.5) is 14.6 Å². The minimum absolute atomic E-state index is 0.278. The number of nitrogen functional groups attached to an aromatic ring is 1. The molecule has 0 fully saturated rings. The molecule has 0 aliphatic carbocycles. The van der Waals surface area contributed by atoms with Gasteiger partial charge in [0.25, 0.3) is 0 Å². The van der Waals surface area contributed by atoms with Crippen LogP contribution in [0.1, 0.15) is 0 Å². The van der Waals surface area contributed by atoms with Crippen LogP contribution in [0, 0.1) is 11.6 Å². The van der Waals surface area contributed by atoms with E-state index >= 15 is 0 Å². The molecule has 2 nitrogen and oxygen atoms in total. The molecular weight excluding hydrogens is 206 g/mol. The van der Waals surface area contributed by atoms with Crippen LogP contribution in [-0.2, 0) is 0 Å². The van der Waals surface area contributed by atoms with Gasteiger partial charge >= 0.3 is 0 Å². The smallest absolute Gasteiger partial charge is 0.182 e. The Bertz CT molecular complexity index is 237. The second kappa shape index (κ2) is 2.49. The van der Waals surface area contributed by atoms with Gasteiger partial charge in [-0.15, -0.1) is 0 Å². The van der Waals surface area contributed by atoms with Gasteiger partial charge in [-0.05, 0) is 15.9 Å². The zero-order valence-electron chi connectivity index (χ0n) is 4.74. The molecule has 54 valence electrons. The van der Waals surface area contributed by atoms with Crippen LogP contribution in [0.5, 0.6) is 0 Å². The Morgan fingerprint density at radius 1 is 1.50 bits per heavy atom. The maximum Gasteiger partial charge on any atom is 0.182 e. The maximum absolute atomic E-state index is 12.5. The van der Waals surface area contributed by atoms with E-state index in [0.29, 0.717) is 0 Å². The number of rotatable bonds is 0. The van der Waals surface area contributed by atoms with Crippen LogP contribution in [-0.4, -0.2) is 4.98 Å². The molecule has 0 unspecified atom stereocenters. The van der Waals surface area contributed by atoms with Crippen molar-refractivity contribution in [1.29, 1.82) is 0 Å². The van der Waals surface area contributed by atoms with Crippen molar-refractivity contribution in [3.05, 3.63) is 22.3 Å². The fourth-order valence-electron chi connectivity index (χ4n) is 0.457. The van der Waals surface area contributed by atoms with Gasteiger partial charge in [-0.2, -0.15) is 0 Å². The molecule has 2 N–H and O–H groups in total. The van der Waals surface area contributed by atoms with Gasteiger partial charge in [-0.3, -0.25) is 0 Å². The molecule has 1 aromatic heterocycles. The Labute approximate surface area is 64.2 Å². The zero-order chi connectivity index (χ0) is 7.72. The van der Waals surface area contributed by atoms with Crippen molar-refractivity contribution in [3.8, 4) is 0 Å². The van der Waals surface area contributed by atoms with Crippen molar-refractivity contribution in [2.45, 2.75) is 0 Å². The summed E-state index contributed by atoms with van der Waals surface area (Å²) in [5.41, 5.74) is 5.01. The van der Waals surface area contributed by atoms with Crippen LogP contribution in [0.15, 0.2) is 10.7 Å². The summed E-state index contributed by atoms with van der Waals surface area (Å²) >= 11 is 2.66. The van der Waals surface area contributed by atoms with Gasteiger partial charge in [0.2, 0.25) is 0 Å². The lowest BCUT2D eigenvalue weighted by atomic mass is 10.4. The molecule has 1 aromatic rings. The quantitative estimate of drug-likeness (QED) is 0.706. The Morgan fingerprint density at radius 3 is 2.60 bits per heavy atom. The average molecular weight is 209 g/mol. The molecule has 0 radical (unpaired) electrons. The topological polar surface area (TPSA) is 38.9 Å². The highest BCUT2D eigenvalue weighted by molar-refractivity contribution is 9.10. The van der Waals surface area contributed by atoms with Crippen molar-refractivity contribution in [2.24, 2.45) is 0 Å². The number of hydrogen-bond donors (Lipinski definition) is 1. The predicted octanol–water partition coefficient (Wildman–Crippen LogP) is 1.70. The molecule has 0 aliphatic rings. The lowest BCUT2D eigenvalue weighted by Crippen LogP contribution is -1.97. The number of anilines is 1. The molecular formula is C5H3BrF2N2. The Hall–Kier alpha value is -0.710. The van der Waals surface area contributed by atoms with Crippen LogP contribution < -0.4 is 5.73 Å². The standard InChI is InChI=1S/C5H3BrF2N2/c6-3-2(7)1-10-5(9)4(3)8/h1H,(H2,9,10). The summed E-state index contributed by atoms with van der Waals surface area (Å²) in [5, 5.41) is 0. The summed E-state index contributed by atoms with van der Waals surface area (Å²) in [7, 11) is 0. The van der Waals surface area contributed by atoms with E-state index in [9.17, 15) is 8.78 Å². The van der Waals surface area contributed by atoms with E-state index in [1.807, 2.05) is 0 Å². The van der Waals surface area contributed by atoms with Gasteiger partial charge < -0.3 is 5.73 Å². The first kappa shape index (κ1) is 7.40. The van der Waals surface area contributed by atoms with Gasteiger partial charge in [0.05, 0.1) is 10.7 Å². The number of hydrogen-bond acceptors (Lipinski definition) is 2. The van der Waals surface area contributed by atoms with E-state index in [2.05, 4.69) is 20.9 Å². The first-order chi connectivity index (χ1) is 4.63. The van der Waals surface area contributed by atoms with Crippen molar-refractivity contribution in [3.63, 3.8) is 0 Å². The zero-order valence-corrected chi connectivity index (χ0v) is 6.32. The Kier molecular flexibility index (Phi) is 1.85. The Balaban J connectivity index is 3.34. The first-order valence-corrected chi connectivity index (χ1v) is 3.17. The normalized spacial score (nSPS) is 9.90. The average Bonchev–Trinajstić information content (AvgIpc) is 1.93. The molecule has 1 heterocycles. The van der Waals surface area contributed by atoms with Crippen LogP contribution in [0.3, 0.4) is 0 Å². The molecule has 0 bridgehead atoms. The van der Waals surface area contributed by atoms with E-state index in [1.165, 1.54) is 0 Å². The highest BCUT2D eigenvalue weighted by atomic mass is 79.9. The third-order valence-electron chi connectivity index (χ3n) is 0.944. The lowest BCUT2D eigenvalue weighted by molar-refractivity contribution is 0.566. The highest BCUT2D eigenvalue weighted by Gasteiger charge is 2.08. The number of halogens is 3. The van der Waals surface area contributed by atoms with Crippen LogP contribution in [0.25, 0.3) is 0 Å². The first-order valence-electron chi connectivity index (χ1n) is 2.38. The van der Waals surface area contributed by atoms with Crippen molar-refractivity contribution < 1.29 is 8.78 Å². The van der Waals surface area contributed by atoms with E-state index < -0.39 is 11.6 Å². The Morgan fingerprint density at radius 2 is 2.10 bits per heavy atom. The second-order valence-corrected chi connectivity index (χ2v) is 2.41. The summed E-state index contributed by atoms with van der Waals surface area (Å²) in [4.78, 5) is 3.24. The fourth-order valence-corrected chi connectivity index (χ4v) is 0.762. The number of nitrogens with zero attached hydrogens (tertiary/aromatic N) is 1. The molecule has 0 saturated heterocycles. The van der Waals surface area contributed by atoms with E-state index in [-0.39, 0.29) is 10.3 Å². The van der Waals surface area contributed by atoms with Crippen LogP contribution >= 0.6 is 15.9 Å². The number of nitrogens with two attached hydrogens (primary N) is 1. The lowest BCUT2D eigenvalue weighted by Gasteiger charge is -1.97. The molecule has 0 aromatic carbocycles. The minimum atomic E-state index is -0.861. The monoisotopic (exact) mass is 208 g/mol. The highest BCUT2D eigenvalue weighted by Crippen LogP contribution is 2.21. The van der Waals surface area contributed by atoms with E-state index in [0.717, 1.165) is 6.20 Å². The molecule has 0 amide bonds. The summed E-state index contributed by atoms with van der Waals surface area (Å²) < 4.78 is 24.6. The van der Waals surface area contributed by atoms with Gasteiger partial charge in [0.1, 0.15) is 0 Å². The molecule has 0 aliphatic heterocycles. The summed E-state index contributed by atoms with van der Waals surface area (Å²) in [5.74, 6) is -1.93. The van der Waals surface area contributed by atoms with Gasteiger partial charge in [-0.1, -0.05) is 0 Å². The van der Waals surface area contributed by atoms with Crippen molar-refractivity contribution in [1.82, 2.24) is 4.98 Å². The second-order valence-electron chi connectivity index (χ2n) is 1.62. The van der Waals surface area contributed by atoms with Crippen molar-refractivity contribution in [2.75, 3.05) is 5.73 Å². The summed E-state index contributed by atoms with van der Waals surface area (Å²) in [6, 6.07) is 0. The van der Waals surface area contributed by atoms with Crippen molar-refractivity contribution >= 4 is 21.7 Å². The molecule has 0 saturated carbocycles. The SMILES string of the molecule is Nc1ncc(F)c(Br)c1F. The molecule has 1 rings (SSSR count). The molecule has 0 spiro atoms. The number of aromatic nitrogens is 1. The van der Waals surface area contributed by atoms with E-state index in [1.54, 1.807) is 0 Å².